The van der Waals surface area contributed by atoms with Crippen LogP contribution in [0.2, 0.25) is 0 Å². The van der Waals surface area contributed by atoms with Crippen molar-refractivity contribution in [2.24, 2.45) is 0 Å². The van der Waals surface area contributed by atoms with Crippen molar-refractivity contribution in [2.45, 2.75) is 6.42 Å². The number of carboxylic acids is 1. The van der Waals surface area contributed by atoms with Gasteiger partial charge in [0.25, 0.3) is 0 Å². The predicted molar refractivity (Wildman–Crippen MR) is 39.8 cm³/mol. The number of hydrogen-bond donors (Lipinski definition) is 1. The van der Waals surface area contributed by atoms with Gasteiger partial charge in [-0.1, -0.05) is 6.08 Å². The van der Waals surface area contributed by atoms with E-state index < -0.39 is 5.97 Å². The van der Waals surface area contributed by atoms with Crippen molar-refractivity contribution in [1.29, 1.82) is 0 Å². The molecule has 0 unspecified atom stereocenters. The van der Waals surface area contributed by atoms with Gasteiger partial charge in [0.1, 0.15) is 0 Å². The van der Waals surface area contributed by atoms with Gasteiger partial charge >= 0.3 is 5.97 Å². The summed E-state index contributed by atoms with van der Waals surface area (Å²) in [6.07, 6.45) is 2.02. The number of thioether (sulfide) groups is 1. The second kappa shape index (κ2) is 5.69. The molecule has 0 aliphatic carbocycles. The number of carbonyl (C=O) groups is 1. The second-order valence-corrected chi connectivity index (χ2v) is 2.66. The van der Waals surface area contributed by atoms with Crippen LogP contribution < -0.4 is 0 Å². The molecule has 0 radical (unpaired) electrons. The minimum absolute atomic E-state index is 0.249. The van der Waals surface area contributed by atoms with E-state index in [1.165, 1.54) is 0 Å². The molecule has 3 heteroatoms. The average Bonchev–Trinajstić information content (AvgIpc) is 1.80. The Morgan fingerprint density at radius 1 is 1.78 bits per heavy atom. The maximum atomic E-state index is 9.92. The van der Waals surface area contributed by atoms with Gasteiger partial charge in [0.2, 0.25) is 0 Å². The van der Waals surface area contributed by atoms with Gasteiger partial charge in [0.05, 0.1) is 6.42 Å². The Hall–Kier alpha value is -0.440. The highest BCUT2D eigenvalue weighted by molar-refractivity contribution is 7.99. The van der Waals surface area contributed by atoms with Crippen LogP contribution in [0, 0.1) is 0 Å². The fourth-order valence-corrected chi connectivity index (χ4v) is 0.978. The van der Waals surface area contributed by atoms with Crippen molar-refractivity contribution >= 4 is 17.7 Å². The summed E-state index contributed by atoms with van der Waals surface area (Å²) in [4.78, 5) is 9.92. The van der Waals surface area contributed by atoms with E-state index in [2.05, 4.69) is 6.58 Å². The fraction of sp³-hybridized carbons (Fsp3) is 0.500. The highest BCUT2D eigenvalue weighted by Gasteiger charge is 1.93. The molecule has 2 nitrogen and oxygen atoms in total. The first-order valence-electron chi connectivity index (χ1n) is 2.68. The topological polar surface area (TPSA) is 37.3 Å². The van der Waals surface area contributed by atoms with E-state index >= 15 is 0 Å². The molecular formula is C6H10O2S. The molecule has 0 spiro atoms. The van der Waals surface area contributed by atoms with Crippen molar-refractivity contribution in [3.63, 3.8) is 0 Å². The Morgan fingerprint density at radius 3 is 2.89 bits per heavy atom. The van der Waals surface area contributed by atoms with E-state index in [0.29, 0.717) is 5.75 Å². The summed E-state index contributed by atoms with van der Waals surface area (Å²) >= 11 is 1.58. The van der Waals surface area contributed by atoms with Crippen LogP contribution in [-0.4, -0.2) is 22.6 Å². The number of hydrogen-bond acceptors (Lipinski definition) is 2. The number of aliphatic carboxylic acids is 1. The average molecular weight is 146 g/mol. The molecule has 0 aromatic heterocycles. The lowest BCUT2D eigenvalue weighted by Crippen LogP contribution is -1.95. The highest BCUT2D eigenvalue weighted by atomic mass is 32.2. The van der Waals surface area contributed by atoms with E-state index in [1.54, 1.807) is 17.8 Å². The number of carboxylic acid groups (broad SMARTS) is 1. The number of rotatable bonds is 5. The molecule has 0 aliphatic rings. The van der Waals surface area contributed by atoms with Gasteiger partial charge in [-0.25, -0.2) is 0 Å². The van der Waals surface area contributed by atoms with Crippen LogP contribution in [0.1, 0.15) is 6.42 Å². The Morgan fingerprint density at radius 2 is 2.44 bits per heavy atom. The molecule has 0 saturated heterocycles. The van der Waals surface area contributed by atoms with Crippen molar-refractivity contribution < 1.29 is 9.90 Å². The molecule has 52 valence electrons. The predicted octanol–water partition coefficient (Wildman–Crippen LogP) is 1.38. The lowest BCUT2D eigenvalue weighted by Gasteiger charge is -1.91. The zero-order chi connectivity index (χ0) is 7.11. The van der Waals surface area contributed by atoms with E-state index in [-0.39, 0.29) is 6.42 Å². The van der Waals surface area contributed by atoms with Gasteiger partial charge in [0, 0.05) is 11.5 Å². The monoisotopic (exact) mass is 146 g/mol. The SMILES string of the molecule is C=CCSCCC(=O)O. The van der Waals surface area contributed by atoms with Crippen LogP contribution in [0.3, 0.4) is 0 Å². The van der Waals surface area contributed by atoms with E-state index in [9.17, 15) is 4.79 Å². The molecule has 0 heterocycles. The van der Waals surface area contributed by atoms with Gasteiger partial charge in [-0.15, -0.1) is 6.58 Å². The molecule has 0 atom stereocenters. The van der Waals surface area contributed by atoms with Crippen molar-refractivity contribution in [3.05, 3.63) is 12.7 Å². The lowest BCUT2D eigenvalue weighted by atomic mass is 10.5. The highest BCUT2D eigenvalue weighted by Crippen LogP contribution is 2.01. The first kappa shape index (κ1) is 8.56. The summed E-state index contributed by atoms with van der Waals surface area (Å²) in [5.41, 5.74) is 0. The van der Waals surface area contributed by atoms with E-state index in [4.69, 9.17) is 5.11 Å². The van der Waals surface area contributed by atoms with Gasteiger partial charge in [-0.2, -0.15) is 11.8 Å². The van der Waals surface area contributed by atoms with Crippen molar-refractivity contribution in [2.75, 3.05) is 11.5 Å². The molecule has 0 aliphatic heterocycles. The maximum Gasteiger partial charge on any atom is 0.304 e. The van der Waals surface area contributed by atoms with Crippen LogP contribution >= 0.6 is 11.8 Å². The summed E-state index contributed by atoms with van der Waals surface area (Å²) in [6.45, 7) is 3.51. The summed E-state index contributed by atoms with van der Waals surface area (Å²) in [7, 11) is 0. The normalized spacial score (nSPS) is 8.89. The second-order valence-electron chi connectivity index (χ2n) is 1.51. The summed E-state index contributed by atoms with van der Waals surface area (Å²) in [6, 6.07) is 0. The Bertz CT molecular complexity index is 101. The Kier molecular flexibility index (Phi) is 5.41. The third kappa shape index (κ3) is 7.56. The summed E-state index contributed by atoms with van der Waals surface area (Å²) in [5, 5.41) is 8.17. The molecule has 0 amide bonds. The van der Waals surface area contributed by atoms with Crippen LogP contribution in [0.4, 0.5) is 0 Å². The van der Waals surface area contributed by atoms with Crippen molar-refractivity contribution in [1.82, 2.24) is 0 Å². The molecule has 0 aromatic carbocycles. The maximum absolute atomic E-state index is 9.92. The third-order valence-electron chi connectivity index (χ3n) is 0.696. The first-order valence-corrected chi connectivity index (χ1v) is 3.83. The van der Waals surface area contributed by atoms with Gasteiger partial charge in [-0.3, -0.25) is 4.79 Å². The van der Waals surface area contributed by atoms with Gasteiger partial charge < -0.3 is 5.11 Å². The van der Waals surface area contributed by atoms with Crippen LogP contribution in [-0.2, 0) is 4.79 Å². The third-order valence-corrected chi connectivity index (χ3v) is 1.66. The van der Waals surface area contributed by atoms with Gasteiger partial charge in [0.15, 0.2) is 0 Å². The molecule has 1 N–H and O–H groups in total. The largest absolute Gasteiger partial charge is 0.481 e. The summed E-state index contributed by atoms with van der Waals surface area (Å²) in [5.74, 6) is 0.792. The zero-order valence-electron chi connectivity index (χ0n) is 5.17. The molecular weight excluding hydrogens is 136 g/mol. The standard InChI is InChI=1S/C6H10O2S/c1-2-4-9-5-3-6(7)8/h2H,1,3-5H2,(H,7,8). The summed E-state index contributed by atoms with van der Waals surface area (Å²) < 4.78 is 0. The van der Waals surface area contributed by atoms with Crippen molar-refractivity contribution in [3.8, 4) is 0 Å². The minimum Gasteiger partial charge on any atom is -0.481 e. The lowest BCUT2D eigenvalue weighted by molar-refractivity contribution is -0.136. The Labute approximate surface area is 59.0 Å². The molecule has 0 saturated carbocycles. The van der Waals surface area contributed by atoms with Crippen LogP contribution in [0.5, 0.6) is 0 Å². The molecule has 0 aromatic rings. The Balaban J connectivity index is 2.91. The molecule has 0 fully saturated rings. The molecule has 0 bridgehead atoms. The zero-order valence-corrected chi connectivity index (χ0v) is 5.99. The quantitative estimate of drug-likeness (QED) is 0.470. The first-order chi connectivity index (χ1) is 4.27. The minimum atomic E-state index is -0.730. The van der Waals surface area contributed by atoms with Crippen LogP contribution in [0.25, 0.3) is 0 Å². The van der Waals surface area contributed by atoms with Gasteiger partial charge in [-0.05, 0) is 0 Å². The molecule has 9 heavy (non-hydrogen) atoms. The molecule has 0 rings (SSSR count). The fourth-order valence-electron chi connectivity index (χ4n) is 0.326. The van der Waals surface area contributed by atoms with E-state index in [0.717, 1.165) is 5.75 Å². The van der Waals surface area contributed by atoms with Crippen LogP contribution in [0.15, 0.2) is 12.7 Å². The van der Waals surface area contributed by atoms with E-state index in [1.807, 2.05) is 0 Å². The smallest absolute Gasteiger partial charge is 0.304 e.